The number of hydrogen-bond donors (Lipinski definition) is 2. The maximum absolute atomic E-state index is 13.4. The van der Waals surface area contributed by atoms with Crippen LogP contribution in [-0.2, 0) is 11.2 Å². The molecule has 6 heteroatoms. The van der Waals surface area contributed by atoms with Gasteiger partial charge in [-0.15, -0.1) is 0 Å². The second kappa shape index (κ2) is 6.58. The third-order valence-corrected chi connectivity index (χ3v) is 5.78. The highest BCUT2D eigenvalue weighted by Crippen LogP contribution is 2.31. The molecule has 2 aromatic heterocycles. The Balaban J connectivity index is 1.71. The molecule has 1 aliphatic rings. The van der Waals surface area contributed by atoms with E-state index in [9.17, 15) is 9.59 Å². The molecule has 1 aliphatic heterocycles. The topological polar surface area (TPSA) is 79.8 Å². The molecule has 146 valence electrons. The number of carbonyl (C=O) groups excluding carboxylic acids is 1. The average molecular weight is 386 g/mol. The number of aromatic nitrogens is 3. The van der Waals surface area contributed by atoms with E-state index < -0.39 is 6.04 Å². The number of benzene rings is 2. The van der Waals surface area contributed by atoms with Crippen molar-refractivity contribution in [3.63, 3.8) is 0 Å². The van der Waals surface area contributed by atoms with E-state index in [4.69, 9.17) is 4.98 Å². The Labute approximate surface area is 167 Å². The Bertz CT molecular complexity index is 1300. The zero-order chi connectivity index (χ0) is 20.1. The Hall–Kier alpha value is -3.41. The fraction of sp³-hybridized carbons (Fsp3) is 0.261. The van der Waals surface area contributed by atoms with Crippen LogP contribution in [0.15, 0.2) is 59.5 Å². The number of aromatic amines is 1. The van der Waals surface area contributed by atoms with Crippen LogP contribution >= 0.6 is 0 Å². The van der Waals surface area contributed by atoms with Crippen molar-refractivity contribution < 1.29 is 4.79 Å². The van der Waals surface area contributed by atoms with Gasteiger partial charge in [0, 0.05) is 23.5 Å². The Morgan fingerprint density at radius 2 is 1.76 bits per heavy atom. The lowest BCUT2D eigenvalue weighted by molar-refractivity contribution is -0.127. The van der Waals surface area contributed by atoms with Gasteiger partial charge in [-0.1, -0.05) is 44.2 Å². The molecule has 2 N–H and O–H groups in total. The lowest BCUT2D eigenvalue weighted by Crippen LogP contribution is -2.49. The standard InChI is InChI=1S/C23H22N4O2/c1-13(2)20-21-25-18-10-6-4-8-16(18)23(29)27(21)19(22(28)26-20)11-14-12-24-17-9-5-3-7-15(14)17/h3-10,12-13,19-20,24H,11H2,1-2H3,(H,26,28). The largest absolute Gasteiger partial charge is 0.361 e. The van der Waals surface area contributed by atoms with Gasteiger partial charge in [-0.3, -0.25) is 14.2 Å². The minimum Gasteiger partial charge on any atom is -0.361 e. The molecule has 0 fully saturated rings. The van der Waals surface area contributed by atoms with Crippen molar-refractivity contribution in [2.75, 3.05) is 0 Å². The zero-order valence-corrected chi connectivity index (χ0v) is 16.3. The molecule has 4 aromatic rings. The average Bonchev–Trinajstić information content (AvgIpc) is 3.13. The molecule has 2 unspecified atom stereocenters. The van der Waals surface area contributed by atoms with Crippen LogP contribution in [0.4, 0.5) is 0 Å². The highest BCUT2D eigenvalue weighted by molar-refractivity contribution is 5.87. The first-order valence-electron chi connectivity index (χ1n) is 9.91. The number of fused-ring (bicyclic) bond motifs is 3. The molecule has 6 nitrogen and oxygen atoms in total. The van der Waals surface area contributed by atoms with E-state index in [2.05, 4.69) is 10.3 Å². The summed E-state index contributed by atoms with van der Waals surface area (Å²) in [5.74, 6) is 0.612. The Morgan fingerprint density at radius 1 is 1.03 bits per heavy atom. The third kappa shape index (κ3) is 2.75. The highest BCUT2D eigenvalue weighted by Gasteiger charge is 2.37. The first-order valence-corrected chi connectivity index (χ1v) is 9.91. The van der Waals surface area contributed by atoms with Crippen molar-refractivity contribution >= 4 is 27.7 Å². The summed E-state index contributed by atoms with van der Waals surface area (Å²) in [6, 6.07) is 14.4. The van der Waals surface area contributed by atoms with Gasteiger partial charge < -0.3 is 10.3 Å². The molecule has 0 aliphatic carbocycles. The van der Waals surface area contributed by atoms with Crippen molar-refractivity contribution in [1.82, 2.24) is 19.9 Å². The van der Waals surface area contributed by atoms with Gasteiger partial charge in [0.15, 0.2) is 0 Å². The summed E-state index contributed by atoms with van der Waals surface area (Å²) in [5.41, 5.74) is 2.53. The van der Waals surface area contributed by atoms with Gasteiger partial charge in [0.05, 0.1) is 16.9 Å². The van der Waals surface area contributed by atoms with Crippen molar-refractivity contribution in [2.45, 2.75) is 32.4 Å². The fourth-order valence-electron chi connectivity index (χ4n) is 4.27. The molecule has 0 saturated heterocycles. The normalized spacial score (nSPS) is 18.9. The fourth-order valence-corrected chi connectivity index (χ4v) is 4.27. The number of nitrogens with one attached hydrogen (secondary N) is 2. The second-order valence-corrected chi connectivity index (χ2v) is 7.97. The molecular formula is C23H22N4O2. The first-order chi connectivity index (χ1) is 14.0. The summed E-state index contributed by atoms with van der Waals surface area (Å²) < 4.78 is 1.62. The monoisotopic (exact) mass is 386 g/mol. The molecule has 3 heterocycles. The SMILES string of the molecule is CC(C)C1NC(=O)C(Cc2c[nH]c3ccccc23)n2c1nc1ccccc1c2=O. The van der Waals surface area contributed by atoms with Crippen molar-refractivity contribution in [1.29, 1.82) is 0 Å². The van der Waals surface area contributed by atoms with E-state index in [-0.39, 0.29) is 23.4 Å². The summed E-state index contributed by atoms with van der Waals surface area (Å²) in [5, 5.41) is 4.71. The summed E-state index contributed by atoms with van der Waals surface area (Å²) in [6.45, 7) is 4.05. The van der Waals surface area contributed by atoms with Gasteiger partial charge >= 0.3 is 0 Å². The Morgan fingerprint density at radius 3 is 2.55 bits per heavy atom. The van der Waals surface area contributed by atoms with E-state index in [1.54, 1.807) is 10.6 Å². The van der Waals surface area contributed by atoms with Crippen LogP contribution in [0, 0.1) is 5.92 Å². The molecule has 2 atom stereocenters. The molecule has 0 radical (unpaired) electrons. The van der Waals surface area contributed by atoms with E-state index in [0.29, 0.717) is 23.1 Å². The second-order valence-electron chi connectivity index (χ2n) is 7.97. The van der Waals surface area contributed by atoms with E-state index in [1.165, 1.54) is 0 Å². The van der Waals surface area contributed by atoms with Crippen molar-refractivity contribution in [3.8, 4) is 0 Å². The molecule has 29 heavy (non-hydrogen) atoms. The van der Waals surface area contributed by atoms with Crippen LogP contribution < -0.4 is 10.9 Å². The minimum absolute atomic E-state index is 0.118. The summed E-state index contributed by atoms with van der Waals surface area (Å²) in [7, 11) is 0. The van der Waals surface area contributed by atoms with Crippen LogP contribution in [0.1, 0.15) is 37.3 Å². The molecule has 2 aromatic carbocycles. The van der Waals surface area contributed by atoms with Crippen LogP contribution in [0.25, 0.3) is 21.8 Å². The van der Waals surface area contributed by atoms with Gasteiger partial charge in [0.1, 0.15) is 11.9 Å². The number of rotatable bonds is 3. The van der Waals surface area contributed by atoms with E-state index >= 15 is 0 Å². The molecule has 0 bridgehead atoms. The first kappa shape index (κ1) is 17.7. The molecule has 0 saturated carbocycles. The molecule has 5 rings (SSSR count). The minimum atomic E-state index is -0.635. The summed E-state index contributed by atoms with van der Waals surface area (Å²) >= 11 is 0. The zero-order valence-electron chi connectivity index (χ0n) is 16.3. The smallest absolute Gasteiger partial charge is 0.262 e. The van der Waals surface area contributed by atoms with Crippen LogP contribution in [0.2, 0.25) is 0 Å². The number of H-pyrrole nitrogens is 1. The van der Waals surface area contributed by atoms with E-state index in [1.807, 2.05) is 62.5 Å². The number of amides is 1. The van der Waals surface area contributed by atoms with Crippen LogP contribution in [0.3, 0.4) is 0 Å². The molecular weight excluding hydrogens is 364 g/mol. The quantitative estimate of drug-likeness (QED) is 0.566. The van der Waals surface area contributed by atoms with Crippen molar-refractivity contribution in [3.05, 3.63) is 76.5 Å². The maximum Gasteiger partial charge on any atom is 0.262 e. The van der Waals surface area contributed by atoms with Gasteiger partial charge in [-0.2, -0.15) is 0 Å². The number of nitrogens with zero attached hydrogens (tertiary/aromatic N) is 2. The number of hydrogen-bond acceptors (Lipinski definition) is 3. The Kier molecular flexibility index (Phi) is 4.01. The maximum atomic E-state index is 13.4. The van der Waals surface area contributed by atoms with Gasteiger partial charge in [0.25, 0.3) is 5.56 Å². The van der Waals surface area contributed by atoms with Crippen LogP contribution in [0.5, 0.6) is 0 Å². The summed E-state index contributed by atoms with van der Waals surface area (Å²) in [6.07, 6.45) is 2.35. The lowest BCUT2D eigenvalue weighted by Gasteiger charge is -2.34. The van der Waals surface area contributed by atoms with E-state index in [0.717, 1.165) is 16.5 Å². The summed E-state index contributed by atoms with van der Waals surface area (Å²) in [4.78, 5) is 34.6. The van der Waals surface area contributed by atoms with Crippen molar-refractivity contribution in [2.24, 2.45) is 5.92 Å². The van der Waals surface area contributed by atoms with Gasteiger partial charge in [-0.25, -0.2) is 4.98 Å². The van der Waals surface area contributed by atoms with Gasteiger partial charge in [-0.05, 0) is 29.7 Å². The molecule has 0 spiro atoms. The highest BCUT2D eigenvalue weighted by atomic mass is 16.2. The predicted octanol–water partition coefficient (Wildman–Crippen LogP) is 3.49. The van der Waals surface area contributed by atoms with Gasteiger partial charge in [0.2, 0.25) is 5.91 Å². The molecule has 1 amide bonds. The van der Waals surface area contributed by atoms with Crippen LogP contribution in [-0.4, -0.2) is 20.4 Å². The number of para-hydroxylation sites is 2. The number of carbonyl (C=O) groups is 1. The lowest BCUT2D eigenvalue weighted by atomic mass is 9.96. The predicted molar refractivity (Wildman–Crippen MR) is 113 cm³/mol. The third-order valence-electron chi connectivity index (χ3n) is 5.78.